The molecule has 0 bridgehead atoms. The lowest BCUT2D eigenvalue weighted by Gasteiger charge is -2.41. The second-order valence-electron chi connectivity index (χ2n) is 13.2. The molecule has 0 radical (unpaired) electrons. The van der Waals surface area contributed by atoms with Gasteiger partial charge in [-0.3, -0.25) is 0 Å². The first-order valence-corrected chi connectivity index (χ1v) is 18.4. The highest BCUT2D eigenvalue weighted by molar-refractivity contribution is 14.1. The van der Waals surface area contributed by atoms with E-state index in [2.05, 4.69) is 72.9 Å². The van der Waals surface area contributed by atoms with Crippen molar-refractivity contribution < 1.29 is 9.47 Å². The third-order valence-electron chi connectivity index (χ3n) is 9.30. The second-order valence-corrected chi connectivity index (χ2v) is 15.0. The fraction of sp³-hybridized carbons (Fsp3) is 1.00. The van der Waals surface area contributed by atoms with Gasteiger partial charge in [-0.15, -0.1) is 0 Å². The van der Waals surface area contributed by atoms with Crippen LogP contribution in [0.15, 0.2) is 0 Å². The molecule has 1 heterocycles. The predicted molar refractivity (Wildman–Crippen MR) is 183 cm³/mol. The van der Waals surface area contributed by atoms with Crippen molar-refractivity contribution in [2.75, 3.05) is 0 Å². The van der Waals surface area contributed by atoms with Gasteiger partial charge in [-0.25, -0.2) is 0 Å². The largest absolute Gasteiger partial charge is 0.369 e. The van der Waals surface area contributed by atoms with Crippen LogP contribution in [0.25, 0.3) is 0 Å². The Morgan fingerprint density at radius 2 is 1.13 bits per heavy atom. The lowest BCUT2D eigenvalue weighted by molar-refractivity contribution is -0.125. The minimum atomic E-state index is -0.191. The quantitative estimate of drug-likeness (QED) is 0.0427. The van der Waals surface area contributed by atoms with Gasteiger partial charge in [0.15, 0.2) is 0 Å². The van der Waals surface area contributed by atoms with Gasteiger partial charge < -0.3 is 9.47 Å². The minimum Gasteiger partial charge on any atom is -0.369 e. The zero-order valence-electron chi connectivity index (χ0n) is 27.1. The molecule has 5 heteroatoms. The third-order valence-corrected chi connectivity index (χ3v) is 10.6. The topological polar surface area (TPSA) is 18.5 Å². The number of unbranched alkanes of at least 4 members (excludes halogenated alkanes) is 13. The van der Waals surface area contributed by atoms with Gasteiger partial charge in [0.25, 0.3) is 0 Å². The Labute approximate surface area is 255 Å². The van der Waals surface area contributed by atoms with Crippen molar-refractivity contribution in [3.63, 3.8) is 0 Å². The Kier molecular flexibility index (Phi) is 20.8. The van der Waals surface area contributed by atoms with Gasteiger partial charge in [0.1, 0.15) is 19.3 Å². The van der Waals surface area contributed by atoms with Crippen LogP contribution in [0.4, 0.5) is 0 Å². The molecule has 0 N–H and O–H groups in total. The summed E-state index contributed by atoms with van der Waals surface area (Å²) in [5.74, 6) is 1.21. The number of ether oxygens (including phenoxy) is 2. The van der Waals surface area contributed by atoms with Crippen molar-refractivity contribution in [2.45, 2.75) is 203 Å². The van der Waals surface area contributed by atoms with E-state index in [4.69, 9.17) is 9.47 Å². The van der Waals surface area contributed by atoms with Crippen molar-refractivity contribution >= 4 is 38.3 Å². The molecule has 1 aliphatic rings. The van der Waals surface area contributed by atoms with Gasteiger partial charge in [-0.2, -0.15) is 0 Å². The summed E-state index contributed by atoms with van der Waals surface area (Å²) >= 11 is 2.71. The van der Waals surface area contributed by atoms with Crippen LogP contribution in [0.5, 0.6) is 0 Å². The molecule has 0 amide bonds. The normalized spacial score (nSPS) is 25.3. The van der Waals surface area contributed by atoms with Crippen molar-refractivity contribution in [3.8, 4) is 0 Å². The minimum absolute atomic E-state index is 0.0273. The van der Waals surface area contributed by atoms with Crippen molar-refractivity contribution in [1.82, 2.24) is 0 Å². The average Bonchev–Trinajstić information content (AvgIpc) is 3.09. The molecule has 1 rings (SSSR count). The summed E-state index contributed by atoms with van der Waals surface area (Å²) in [6.07, 6.45) is 29.4. The molecule has 38 heavy (non-hydrogen) atoms. The molecule has 0 aromatic carbocycles. The zero-order chi connectivity index (χ0) is 28.3. The molecule has 0 aromatic heterocycles. The van der Waals surface area contributed by atoms with Crippen LogP contribution in [0.1, 0.15) is 176 Å². The molecule has 1 aliphatic heterocycles. The van der Waals surface area contributed by atoms with E-state index >= 15 is 0 Å². The number of alkyl halides is 1. The SMILES string of the molecule is BC1OC(I)(CC(CCCCCC)CCCCCC)C(OC(C)(CCCCCC)CCCCCCC)C1B. The molecule has 1 fully saturated rings. The number of rotatable bonds is 25. The standard InChI is InChI=1S/C33H67B2IO2/c1-6-10-14-18-22-26-32(5,25-21-17-13-9-4)37-30-29(34)31(35)38-33(30,36)27-28(23-19-15-11-7-2)24-20-16-12-8-3/h28-31H,6-27,34-35H2,1-5H3. The Bertz CT molecular complexity index is 553. The van der Waals surface area contributed by atoms with Crippen LogP contribution >= 0.6 is 22.6 Å². The zero-order valence-corrected chi connectivity index (χ0v) is 29.2. The molecular formula is C33H67B2IO2. The maximum atomic E-state index is 7.34. The summed E-state index contributed by atoms with van der Waals surface area (Å²) in [6, 6.07) is 0.270. The maximum absolute atomic E-state index is 7.34. The van der Waals surface area contributed by atoms with Crippen LogP contribution < -0.4 is 0 Å². The number of hydrogen-bond donors (Lipinski definition) is 0. The summed E-state index contributed by atoms with van der Waals surface area (Å²) in [7, 11) is 4.69. The van der Waals surface area contributed by atoms with E-state index in [1.165, 1.54) is 135 Å². The van der Waals surface area contributed by atoms with Crippen LogP contribution in [0, 0.1) is 5.92 Å². The molecule has 0 saturated carbocycles. The van der Waals surface area contributed by atoms with E-state index in [9.17, 15) is 0 Å². The molecule has 224 valence electrons. The predicted octanol–water partition coefficient (Wildman–Crippen LogP) is 9.95. The molecule has 1 saturated heterocycles. The van der Waals surface area contributed by atoms with Crippen LogP contribution in [0.2, 0.25) is 5.82 Å². The van der Waals surface area contributed by atoms with Gasteiger partial charge >= 0.3 is 0 Å². The smallest absolute Gasteiger partial charge is 0.144 e. The Morgan fingerprint density at radius 1 is 0.711 bits per heavy atom. The first-order chi connectivity index (χ1) is 18.2. The molecule has 5 atom stereocenters. The monoisotopic (exact) mass is 644 g/mol. The van der Waals surface area contributed by atoms with Gasteiger partial charge in [-0.05, 0) is 60.5 Å². The molecule has 2 nitrogen and oxygen atoms in total. The van der Waals surface area contributed by atoms with Crippen LogP contribution in [0.3, 0.4) is 0 Å². The Balaban J connectivity index is 2.97. The summed E-state index contributed by atoms with van der Waals surface area (Å²) in [6.45, 7) is 11.7. The molecule has 0 aromatic rings. The van der Waals surface area contributed by atoms with Gasteiger partial charge in [-0.1, -0.05) is 150 Å². The van der Waals surface area contributed by atoms with Crippen molar-refractivity contribution in [1.29, 1.82) is 0 Å². The summed E-state index contributed by atoms with van der Waals surface area (Å²) < 4.78 is 14.0. The number of halogens is 1. The Morgan fingerprint density at radius 3 is 1.61 bits per heavy atom. The van der Waals surface area contributed by atoms with Crippen molar-refractivity contribution in [3.05, 3.63) is 0 Å². The van der Waals surface area contributed by atoms with E-state index < -0.39 is 0 Å². The van der Waals surface area contributed by atoms with Gasteiger partial charge in [0, 0.05) is 6.00 Å². The van der Waals surface area contributed by atoms with Crippen molar-refractivity contribution in [2.24, 2.45) is 5.92 Å². The fourth-order valence-corrected chi connectivity index (χ4v) is 8.24. The maximum Gasteiger partial charge on any atom is 0.144 e. The van der Waals surface area contributed by atoms with E-state index in [1.54, 1.807) is 0 Å². The third kappa shape index (κ3) is 14.6. The number of hydrogen-bond acceptors (Lipinski definition) is 2. The molecule has 0 spiro atoms. The average molecular weight is 644 g/mol. The lowest BCUT2D eigenvalue weighted by Crippen LogP contribution is -2.45. The second kappa shape index (κ2) is 21.5. The highest BCUT2D eigenvalue weighted by atomic mass is 127. The van der Waals surface area contributed by atoms with E-state index in [1.807, 2.05) is 0 Å². The fourth-order valence-electron chi connectivity index (χ4n) is 6.52. The first-order valence-electron chi connectivity index (χ1n) is 17.3. The van der Waals surface area contributed by atoms with E-state index in [-0.39, 0.29) is 21.3 Å². The highest BCUT2D eigenvalue weighted by Crippen LogP contribution is 2.50. The van der Waals surface area contributed by atoms with Gasteiger partial charge in [0.2, 0.25) is 0 Å². The summed E-state index contributed by atoms with van der Waals surface area (Å²) in [4.78, 5) is 0. The summed E-state index contributed by atoms with van der Waals surface area (Å²) in [5.41, 5.74) is -0.0273. The molecule has 5 unspecified atom stereocenters. The van der Waals surface area contributed by atoms with E-state index in [0.29, 0.717) is 5.82 Å². The molecule has 0 aliphatic carbocycles. The lowest BCUT2D eigenvalue weighted by atomic mass is 9.70. The van der Waals surface area contributed by atoms with E-state index in [0.717, 1.165) is 12.3 Å². The van der Waals surface area contributed by atoms with Gasteiger partial charge in [0.05, 0.1) is 11.7 Å². The van der Waals surface area contributed by atoms with Crippen LogP contribution in [-0.2, 0) is 9.47 Å². The highest BCUT2D eigenvalue weighted by Gasteiger charge is 2.53. The van der Waals surface area contributed by atoms with Crippen LogP contribution in [-0.4, -0.2) is 37.0 Å². The molecular weight excluding hydrogens is 577 g/mol. The Hall–Kier alpha value is 0.780. The summed E-state index contributed by atoms with van der Waals surface area (Å²) in [5, 5.41) is 0. The first kappa shape index (κ1) is 36.8.